The summed E-state index contributed by atoms with van der Waals surface area (Å²) in [5.41, 5.74) is 1.16. The second-order valence-electron chi connectivity index (χ2n) is 6.60. The van der Waals surface area contributed by atoms with Gasteiger partial charge in [0.2, 0.25) is 0 Å². The van der Waals surface area contributed by atoms with Gasteiger partial charge in [0, 0.05) is 6.20 Å². The Kier molecular flexibility index (Phi) is 6.34. The normalized spacial score (nSPS) is 12.8. The lowest BCUT2D eigenvalue weighted by Crippen LogP contribution is -2.31. The van der Waals surface area contributed by atoms with E-state index < -0.39 is 23.9 Å². The Morgan fingerprint density at radius 3 is 2.52 bits per heavy atom. The Bertz CT molecular complexity index is 1050. The van der Waals surface area contributed by atoms with Gasteiger partial charge in [0.1, 0.15) is 5.75 Å². The van der Waals surface area contributed by atoms with Crippen LogP contribution in [0.3, 0.4) is 0 Å². The lowest BCUT2D eigenvalue weighted by atomic mass is 9.98. The highest BCUT2D eigenvalue weighted by molar-refractivity contribution is 6.32. The number of rotatable bonds is 6. The number of esters is 1. The van der Waals surface area contributed by atoms with Gasteiger partial charge in [0.05, 0.1) is 18.7 Å². The Balaban J connectivity index is 1.67. The third-order valence-corrected chi connectivity index (χ3v) is 4.91. The van der Waals surface area contributed by atoms with Crippen LogP contribution in [0, 0.1) is 0 Å². The number of nitrogens with zero attached hydrogens (tertiary/aromatic N) is 1. The van der Waals surface area contributed by atoms with Crippen LogP contribution < -0.4 is 10.1 Å². The minimum absolute atomic E-state index is 0.167. The SMILES string of the molecule is COc1ccc2cc([C@H](C)C(=O)O[C@H](C)C(=O)Nc3cccnc3Cl)ccc2c1. The van der Waals surface area contributed by atoms with E-state index in [1.807, 2.05) is 36.4 Å². The molecule has 0 bridgehead atoms. The van der Waals surface area contributed by atoms with Gasteiger partial charge in [-0.1, -0.05) is 35.9 Å². The number of hydrogen-bond donors (Lipinski definition) is 1. The predicted molar refractivity (Wildman–Crippen MR) is 112 cm³/mol. The molecule has 3 rings (SSSR count). The summed E-state index contributed by atoms with van der Waals surface area (Å²) >= 11 is 5.93. The van der Waals surface area contributed by atoms with E-state index in [0.29, 0.717) is 5.69 Å². The van der Waals surface area contributed by atoms with Crippen molar-refractivity contribution in [2.24, 2.45) is 0 Å². The highest BCUT2D eigenvalue weighted by Crippen LogP contribution is 2.26. The molecule has 6 nitrogen and oxygen atoms in total. The van der Waals surface area contributed by atoms with Crippen molar-refractivity contribution in [2.75, 3.05) is 12.4 Å². The molecule has 0 spiro atoms. The van der Waals surface area contributed by atoms with Crippen molar-refractivity contribution in [1.82, 2.24) is 4.98 Å². The number of halogens is 1. The van der Waals surface area contributed by atoms with Crippen LogP contribution in [-0.2, 0) is 14.3 Å². The van der Waals surface area contributed by atoms with Crippen LogP contribution in [0.15, 0.2) is 54.7 Å². The molecule has 0 saturated carbocycles. The number of carbonyl (C=O) groups is 2. The molecule has 2 aromatic carbocycles. The summed E-state index contributed by atoms with van der Waals surface area (Å²) < 4.78 is 10.6. The smallest absolute Gasteiger partial charge is 0.313 e. The standard InChI is InChI=1S/C22H21ClN2O4/c1-13(15-6-7-17-12-18(28-3)9-8-16(17)11-15)22(27)29-14(2)21(26)25-19-5-4-10-24-20(19)23/h4-14H,1-3H3,(H,25,26)/t13-,14+/m0/s1. The number of benzene rings is 2. The predicted octanol–water partition coefficient (Wildman–Crippen LogP) is 4.57. The number of fused-ring (bicyclic) bond motifs is 1. The lowest BCUT2D eigenvalue weighted by molar-refractivity contribution is -0.154. The number of hydrogen-bond acceptors (Lipinski definition) is 5. The van der Waals surface area contributed by atoms with Crippen LogP contribution in [0.1, 0.15) is 25.3 Å². The van der Waals surface area contributed by atoms with E-state index in [0.717, 1.165) is 22.1 Å². The van der Waals surface area contributed by atoms with E-state index in [4.69, 9.17) is 21.1 Å². The topological polar surface area (TPSA) is 77.5 Å². The molecule has 7 heteroatoms. The molecule has 1 heterocycles. The zero-order chi connectivity index (χ0) is 21.0. The van der Waals surface area contributed by atoms with Crippen molar-refractivity contribution in [2.45, 2.75) is 25.9 Å². The highest BCUT2D eigenvalue weighted by atomic mass is 35.5. The molecule has 29 heavy (non-hydrogen) atoms. The molecule has 0 aliphatic rings. The van der Waals surface area contributed by atoms with Crippen LogP contribution in [0.2, 0.25) is 5.15 Å². The van der Waals surface area contributed by atoms with Gasteiger partial charge < -0.3 is 14.8 Å². The number of pyridine rings is 1. The van der Waals surface area contributed by atoms with Crippen LogP contribution in [0.4, 0.5) is 5.69 Å². The zero-order valence-electron chi connectivity index (χ0n) is 16.3. The third kappa shape index (κ3) is 4.84. The van der Waals surface area contributed by atoms with E-state index in [-0.39, 0.29) is 5.15 Å². The second kappa shape index (κ2) is 8.92. The number of aromatic nitrogens is 1. The molecule has 150 valence electrons. The molecule has 0 saturated heterocycles. The van der Waals surface area contributed by atoms with Gasteiger partial charge in [-0.3, -0.25) is 9.59 Å². The largest absolute Gasteiger partial charge is 0.497 e. The molecule has 0 fully saturated rings. The van der Waals surface area contributed by atoms with E-state index >= 15 is 0 Å². The number of carbonyl (C=O) groups excluding carboxylic acids is 2. The quantitative estimate of drug-likeness (QED) is 0.474. The van der Waals surface area contributed by atoms with Gasteiger partial charge in [0.25, 0.3) is 5.91 Å². The average Bonchev–Trinajstić information content (AvgIpc) is 2.73. The van der Waals surface area contributed by atoms with Crippen molar-refractivity contribution in [3.05, 3.63) is 65.4 Å². The number of nitrogens with one attached hydrogen (secondary N) is 1. The molecule has 0 aliphatic heterocycles. The van der Waals surface area contributed by atoms with E-state index in [9.17, 15) is 9.59 Å². The van der Waals surface area contributed by atoms with E-state index in [2.05, 4.69) is 10.3 Å². The van der Waals surface area contributed by atoms with Crippen LogP contribution in [-0.4, -0.2) is 30.1 Å². The van der Waals surface area contributed by atoms with Crippen molar-refractivity contribution in [3.8, 4) is 5.75 Å². The highest BCUT2D eigenvalue weighted by Gasteiger charge is 2.24. The Morgan fingerprint density at radius 1 is 1.07 bits per heavy atom. The van der Waals surface area contributed by atoms with Crippen LogP contribution in [0.25, 0.3) is 10.8 Å². The molecule has 1 aromatic heterocycles. The monoisotopic (exact) mass is 412 g/mol. The lowest BCUT2D eigenvalue weighted by Gasteiger charge is -2.17. The molecule has 3 aromatic rings. The van der Waals surface area contributed by atoms with E-state index in [1.54, 1.807) is 26.2 Å². The molecule has 0 radical (unpaired) electrons. The zero-order valence-corrected chi connectivity index (χ0v) is 17.1. The first kappa shape index (κ1) is 20.6. The third-order valence-electron chi connectivity index (χ3n) is 4.60. The minimum atomic E-state index is -0.981. The summed E-state index contributed by atoms with van der Waals surface area (Å²) in [4.78, 5) is 28.8. The van der Waals surface area contributed by atoms with Gasteiger partial charge in [-0.2, -0.15) is 0 Å². The minimum Gasteiger partial charge on any atom is -0.497 e. The van der Waals surface area contributed by atoms with E-state index in [1.165, 1.54) is 13.1 Å². The molecular weight excluding hydrogens is 392 g/mol. The molecule has 2 atom stereocenters. The van der Waals surface area contributed by atoms with Gasteiger partial charge in [-0.05, 0) is 54.4 Å². The summed E-state index contributed by atoms with van der Waals surface area (Å²) in [6.45, 7) is 3.26. The Hall–Kier alpha value is -3.12. The fourth-order valence-electron chi connectivity index (χ4n) is 2.82. The molecular formula is C22H21ClN2O4. The van der Waals surface area contributed by atoms with Gasteiger partial charge in [-0.15, -0.1) is 0 Å². The maximum Gasteiger partial charge on any atom is 0.313 e. The number of anilines is 1. The molecule has 0 aliphatic carbocycles. The number of methoxy groups -OCH3 is 1. The summed E-state index contributed by atoms with van der Waals surface area (Å²) in [5.74, 6) is -0.728. The molecule has 1 N–H and O–H groups in total. The van der Waals surface area contributed by atoms with Gasteiger partial charge >= 0.3 is 5.97 Å². The fourth-order valence-corrected chi connectivity index (χ4v) is 2.98. The van der Waals surface area contributed by atoms with Crippen LogP contribution in [0.5, 0.6) is 5.75 Å². The number of ether oxygens (including phenoxy) is 2. The second-order valence-corrected chi connectivity index (χ2v) is 6.96. The van der Waals surface area contributed by atoms with Gasteiger partial charge in [-0.25, -0.2) is 4.98 Å². The van der Waals surface area contributed by atoms with Gasteiger partial charge in [0.15, 0.2) is 11.3 Å². The Morgan fingerprint density at radius 2 is 1.79 bits per heavy atom. The first-order chi connectivity index (χ1) is 13.9. The summed E-state index contributed by atoms with van der Waals surface area (Å²) in [5, 5.41) is 4.77. The molecule has 0 unspecified atom stereocenters. The van der Waals surface area contributed by atoms with Crippen LogP contribution >= 0.6 is 11.6 Å². The summed E-state index contributed by atoms with van der Waals surface area (Å²) in [6, 6.07) is 14.7. The van der Waals surface area contributed by atoms with Crippen molar-refractivity contribution in [1.29, 1.82) is 0 Å². The van der Waals surface area contributed by atoms with Crippen molar-refractivity contribution >= 4 is 39.9 Å². The molecule has 1 amide bonds. The van der Waals surface area contributed by atoms with Crippen molar-refractivity contribution < 1.29 is 19.1 Å². The number of amides is 1. The Labute approximate surface area is 173 Å². The average molecular weight is 413 g/mol. The fraction of sp³-hybridized carbons (Fsp3) is 0.227. The first-order valence-corrected chi connectivity index (χ1v) is 9.46. The first-order valence-electron chi connectivity index (χ1n) is 9.08. The summed E-state index contributed by atoms with van der Waals surface area (Å²) in [6.07, 6.45) is 0.536. The van der Waals surface area contributed by atoms with Crippen molar-refractivity contribution in [3.63, 3.8) is 0 Å². The maximum absolute atomic E-state index is 12.6. The summed E-state index contributed by atoms with van der Waals surface area (Å²) in [7, 11) is 1.62. The maximum atomic E-state index is 12.6.